The van der Waals surface area contributed by atoms with Crippen LogP contribution < -0.4 is 5.73 Å². The van der Waals surface area contributed by atoms with E-state index in [1.54, 1.807) is 0 Å². The first-order valence-electron chi connectivity index (χ1n) is 6.20. The van der Waals surface area contributed by atoms with Crippen LogP contribution in [-0.4, -0.2) is 14.8 Å². The summed E-state index contributed by atoms with van der Waals surface area (Å²) in [5.41, 5.74) is 7.82. The molecule has 1 aromatic heterocycles. The molecule has 2 N–H and O–H groups in total. The number of nitrogens with zero attached hydrogens (tertiary/aromatic N) is 3. The van der Waals surface area contributed by atoms with Crippen molar-refractivity contribution in [3.8, 4) is 11.4 Å². The van der Waals surface area contributed by atoms with Crippen LogP contribution >= 0.6 is 22.6 Å². The molecule has 0 unspecified atom stereocenters. The molecule has 94 valence electrons. The highest BCUT2D eigenvalue weighted by Crippen LogP contribution is 2.34. The molecular formula is C13H15IN4. The van der Waals surface area contributed by atoms with Gasteiger partial charge in [0.25, 0.3) is 0 Å². The fourth-order valence-electron chi connectivity index (χ4n) is 2.61. The van der Waals surface area contributed by atoms with Crippen LogP contribution in [0.15, 0.2) is 24.5 Å². The molecule has 3 rings (SSSR count). The Labute approximate surface area is 120 Å². The molecule has 4 nitrogen and oxygen atoms in total. The molecule has 0 atom stereocenters. The van der Waals surface area contributed by atoms with Crippen LogP contribution in [0.3, 0.4) is 0 Å². The Morgan fingerprint density at radius 2 is 2.06 bits per heavy atom. The van der Waals surface area contributed by atoms with E-state index in [2.05, 4.69) is 43.4 Å². The van der Waals surface area contributed by atoms with E-state index in [-0.39, 0.29) is 0 Å². The van der Waals surface area contributed by atoms with Crippen molar-refractivity contribution in [3.63, 3.8) is 0 Å². The van der Waals surface area contributed by atoms with Gasteiger partial charge in [-0.2, -0.15) is 0 Å². The number of aromatic nitrogens is 3. The highest BCUT2D eigenvalue weighted by atomic mass is 127. The zero-order valence-electron chi connectivity index (χ0n) is 10.0. The van der Waals surface area contributed by atoms with Gasteiger partial charge in [0.1, 0.15) is 6.33 Å². The van der Waals surface area contributed by atoms with Crippen LogP contribution in [0.5, 0.6) is 0 Å². The van der Waals surface area contributed by atoms with Crippen molar-refractivity contribution in [3.05, 3.63) is 28.1 Å². The standard InChI is InChI=1S/C13H15IN4/c14-9-5-6-12(15)11(7-9)13-17-16-8-18(13)10-3-1-2-4-10/h5-8,10H,1-4,15H2. The lowest BCUT2D eigenvalue weighted by Gasteiger charge is -2.14. The Bertz CT molecular complexity index is 558. The normalized spacial score (nSPS) is 16.3. The summed E-state index contributed by atoms with van der Waals surface area (Å²) in [6, 6.07) is 6.55. The van der Waals surface area contributed by atoms with E-state index < -0.39 is 0 Å². The third kappa shape index (κ3) is 2.11. The second-order valence-corrected chi connectivity index (χ2v) is 5.98. The first-order chi connectivity index (χ1) is 8.75. The highest BCUT2D eigenvalue weighted by molar-refractivity contribution is 14.1. The lowest BCUT2D eigenvalue weighted by atomic mass is 10.1. The number of nitrogens with two attached hydrogens (primary N) is 1. The number of anilines is 1. The summed E-state index contributed by atoms with van der Waals surface area (Å²) in [7, 11) is 0. The zero-order chi connectivity index (χ0) is 12.5. The van der Waals surface area contributed by atoms with Crippen molar-refractivity contribution in [2.45, 2.75) is 31.7 Å². The topological polar surface area (TPSA) is 56.7 Å². The van der Waals surface area contributed by atoms with Gasteiger partial charge in [-0.15, -0.1) is 10.2 Å². The van der Waals surface area contributed by atoms with Crippen LogP contribution in [0, 0.1) is 3.57 Å². The number of hydrogen-bond donors (Lipinski definition) is 1. The van der Waals surface area contributed by atoms with Gasteiger partial charge in [0.2, 0.25) is 0 Å². The Morgan fingerprint density at radius 3 is 2.83 bits per heavy atom. The van der Waals surface area contributed by atoms with Gasteiger partial charge in [0.15, 0.2) is 5.82 Å². The average molecular weight is 354 g/mol. The Morgan fingerprint density at radius 1 is 1.28 bits per heavy atom. The fourth-order valence-corrected chi connectivity index (χ4v) is 3.10. The number of nitrogen functional groups attached to an aromatic ring is 1. The van der Waals surface area contributed by atoms with Crippen molar-refractivity contribution in [1.82, 2.24) is 14.8 Å². The first kappa shape index (κ1) is 12.0. The third-order valence-electron chi connectivity index (χ3n) is 3.55. The zero-order valence-corrected chi connectivity index (χ0v) is 12.2. The highest BCUT2D eigenvalue weighted by Gasteiger charge is 2.21. The molecule has 1 aliphatic carbocycles. The molecule has 1 aromatic carbocycles. The molecule has 0 amide bonds. The second-order valence-electron chi connectivity index (χ2n) is 4.73. The molecule has 1 fully saturated rings. The maximum Gasteiger partial charge on any atom is 0.166 e. The van der Waals surface area contributed by atoms with Gasteiger partial charge in [0.05, 0.1) is 0 Å². The maximum absolute atomic E-state index is 6.06. The summed E-state index contributed by atoms with van der Waals surface area (Å²) in [6.45, 7) is 0. The molecule has 0 spiro atoms. The molecule has 1 aliphatic rings. The number of halogens is 1. The van der Waals surface area contributed by atoms with E-state index >= 15 is 0 Å². The summed E-state index contributed by atoms with van der Waals surface area (Å²) in [5, 5.41) is 8.33. The van der Waals surface area contributed by atoms with Crippen LogP contribution in [-0.2, 0) is 0 Å². The molecule has 2 aromatic rings. The quantitative estimate of drug-likeness (QED) is 0.665. The molecule has 1 saturated carbocycles. The molecule has 1 heterocycles. The van der Waals surface area contributed by atoms with Crippen LogP contribution in [0.25, 0.3) is 11.4 Å². The van der Waals surface area contributed by atoms with Crippen molar-refractivity contribution in [2.24, 2.45) is 0 Å². The Balaban J connectivity index is 2.06. The number of benzene rings is 1. The molecule has 0 aliphatic heterocycles. The summed E-state index contributed by atoms with van der Waals surface area (Å²) >= 11 is 2.29. The van der Waals surface area contributed by atoms with Gasteiger partial charge in [-0.3, -0.25) is 0 Å². The van der Waals surface area contributed by atoms with Crippen LogP contribution in [0.4, 0.5) is 5.69 Å². The minimum Gasteiger partial charge on any atom is -0.398 e. The van der Waals surface area contributed by atoms with E-state index in [0.29, 0.717) is 6.04 Å². The average Bonchev–Trinajstić information content (AvgIpc) is 3.00. The predicted molar refractivity (Wildman–Crippen MR) is 80.1 cm³/mol. The molecular weight excluding hydrogens is 339 g/mol. The Kier molecular flexibility index (Phi) is 3.23. The lowest BCUT2D eigenvalue weighted by Crippen LogP contribution is -2.06. The van der Waals surface area contributed by atoms with Crippen LogP contribution in [0.1, 0.15) is 31.7 Å². The largest absolute Gasteiger partial charge is 0.398 e. The second kappa shape index (κ2) is 4.87. The van der Waals surface area contributed by atoms with E-state index in [4.69, 9.17) is 5.73 Å². The molecule has 18 heavy (non-hydrogen) atoms. The van der Waals surface area contributed by atoms with Crippen molar-refractivity contribution < 1.29 is 0 Å². The van der Waals surface area contributed by atoms with Gasteiger partial charge in [-0.05, 0) is 53.6 Å². The smallest absolute Gasteiger partial charge is 0.166 e. The first-order valence-corrected chi connectivity index (χ1v) is 7.28. The van der Waals surface area contributed by atoms with E-state index in [0.717, 1.165) is 20.6 Å². The molecule has 5 heteroatoms. The predicted octanol–water partition coefficient (Wildman–Crippen LogP) is 3.25. The minimum atomic E-state index is 0.535. The lowest BCUT2D eigenvalue weighted by molar-refractivity contribution is 0.522. The van der Waals surface area contributed by atoms with Gasteiger partial charge < -0.3 is 10.3 Å². The van der Waals surface area contributed by atoms with Gasteiger partial charge in [0, 0.05) is 20.9 Å². The summed E-state index contributed by atoms with van der Waals surface area (Å²) < 4.78 is 3.35. The van der Waals surface area contributed by atoms with E-state index in [1.807, 2.05) is 18.5 Å². The Hall–Kier alpha value is -1.11. The van der Waals surface area contributed by atoms with E-state index in [9.17, 15) is 0 Å². The summed E-state index contributed by atoms with van der Waals surface area (Å²) in [4.78, 5) is 0. The minimum absolute atomic E-state index is 0.535. The monoisotopic (exact) mass is 354 g/mol. The van der Waals surface area contributed by atoms with Crippen LogP contribution in [0.2, 0.25) is 0 Å². The SMILES string of the molecule is Nc1ccc(I)cc1-c1nncn1C1CCCC1. The summed E-state index contributed by atoms with van der Waals surface area (Å²) in [6.07, 6.45) is 6.86. The fraction of sp³-hybridized carbons (Fsp3) is 0.385. The number of hydrogen-bond acceptors (Lipinski definition) is 3. The van der Waals surface area contributed by atoms with Crippen molar-refractivity contribution in [2.75, 3.05) is 5.73 Å². The maximum atomic E-state index is 6.06. The summed E-state index contributed by atoms with van der Waals surface area (Å²) in [5.74, 6) is 0.901. The number of rotatable bonds is 2. The van der Waals surface area contributed by atoms with Gasteiger partial charge >= 0.3 is 0 Å². The van der Waals surface area contributed by atoms with Crippen molar-refractivity contribution in [1.29, 1.82) is 0 Å². The van der Waals surface area contributed by atoms with Crippen molar-refractivity contribution >= 4 is 28.3 Å². The van der Waals surface area contributed by atoms with Gasteiger partial charge in [-0.25, -0.2) is 0 Å². The third-order valence-corrected chi connectivity index (χ3v) is 4.22. The van der Waals surface area contributed by atoms with E-state index in [1.165, 1.54) is 25.7 Å². The van der Waals surface area contributed by atoms with Gasteiger partial charge in [-0.1, -0.05) is 12.8 Å². The molecule has 0 bridgehead atoms. The molecule has 0 radical (unpaired) electrons. The molecule has 0 saturated heterocycles.